The third-order valence-electron chi connectivity index (χ3n) is 1.81. The first kappa shape index (κ1) is 9.92. The summed E-state index contributed by atoms with van der Waals surface area (Å²) in [6, 6.07) is 0.175. The second-order valence-electron chi connectivity index (χ2n) is 2.73. The molecule has 0 spiro atoms. The molecule has 0 aromatic carbocycles. The number of nitrogens with one attached hydrogen (secondary N) is 1. The molecule has 1 heterocycles. The van der Waals surface area contributed by atoms with E-state index in [-0.39, 0.29) is 6.04 Å². The van der Waals surface area contributed by atoms with Crippen LogP contribution < -0.4 is 10.1 Å². The smallest absolute Gasteiger partial charge is 0.236 e. The number of ether oxygens (including phenoxy) is 1. The average Bonchev–Trinajstić information content (AvgIpc) is 2.18. The number of methoxy groups -OCH3 is 1. The Balaban J connectivity index is 2.85. The van der Waals surface area contributed by atoms with Crippen LogP contribution >= 0.6 is 0 Å². The maximum Gasteiger partial charge on any atom is 0.236 e. The lowest BCUT2D eigenvalue weighted by atomic mass is 10.2. The maximum absolute atomic E-state index is 5.10. The van der Waals surface area contributed by atoms with E-state index in [1.165, 1.54) is 0 Å². The predicted octanol–water partition coefficient (Wildman–Crippen LogP) is 1.16. The molecule has 0 amide bonds. The highest BCUT2D eigenvalue weighted by atomic mass is 16.5. The Hall–Kier alpha value is -1.16. The average molecular weight is 181 g/mol. The summed E-state index contributed by atoms with van der Waals surface area (Å²) >= 11 is 0. The van der Waals surface area contributed by atoms with Crippen molar-refractivity contribution in [3.05, 3.63) is 18.1 Å². The molecule has 0 saturated carbocycles. The Kier molecular flexibility index (Phi) is 3.64. The summed E-state index contributed by atoms with van der Waals surface area (Å²) < 4.78 is 5.10. The van der Waals surface area contributed by atoms with E-state index in [9.17, 15) is 0 Å². The fourth-order valence-electron chi connectivity index (χ4n) is 1.19. The third-order valence-corrected chi connectivity index (χ3v) is 1.81. The number of nitrogens with zero attached hydrogens (tertiary/aromatic N) is 2. The summed E-state index contributed by atoms with van der Waals surface area (Å²) in [6.45, 7) is 5.00. The molecule has 0 saturated heterocycles. The van der Waals surface area contributed by atoms with E-state index in [1.807, 2.05) is 6.92 Å². The Morgan fingerprint density at radius 2 is 2.15 bits per heavy atom. The molecule has 1 N–H and O–H groups in total. The van der Waals surface area contributed by atoms with Gasteiger partial charge >= 0.3 is 0 Å². The van der Waals surface area contributed by atoms with Gasteiger partial charge in [-0.3, -0.25) is 4.98 Å². The van der Waals surface area contributed by atoms with Crippen LogP contribution in [0.25, 0.3) is 0 Å². The fraction of sp³-hybridized carbons (Fsp3) is 0.556. The van der Waals surface area contributed by atoms with Crippen LogP contribution in [0.15, 0.2) is 12.4 Å². The molecule has 13 heavy (non-hydrogen) atoms. The van der Waals surface area contributed by atoms with Crippen molar-refractivity contribution in [1.82, 2.24) is 15.3 Å². The summed E-state index contributed by atoms with van der Waals surface area (Å²) in [7, 11) is 1.60. The van der Waals surface area contributed by atoms with Crippen LogP contribution in [0.5, 0.6) is 5.88 Å². The van der Waals surface area contributed by atoms with Crippen LogP contribution in [0, 0.1) is 0 Å². The predicted molar refractivity (Wildman–Crippen MR) is 50.7 cm³/mol. The first-order valence-corrected chi connectivity index (χ1v) is 4.37. The third kappa shape index (κ3) is 2.39. The van der Waals surface area contributed by atoms with Crippen LogP contribution in [0.1, 0.15) is 25.6 Å². The van der Waals surface area contributed by atoms with Gasteiger partial charge < -0.3 is 10.1 Å². The van der Waals surface area contributed by atoms with Gasteiger partial charge in [0.15, 0.2) is 0 Å². The minimum absolute atomic E-state index is 0.175. The topological polar surface area (TPSA) is 47.0 Å². The van der Waals surface area contributed by atoms with Crippen molar-refractivity contribution in [3.8, 4) is 5.88 Å². The number of hydrogen-bond donors (Lipinski definition) is 1. The first-order chi connectivity index (χ1) is 6.29. The standard InChI is InChI=1S/C9H15N3O/c1-4-10-7(2)8-9(13-3)12-6-5-11-8/h5-7,10H,4H2,1-3H3. The van der Waals surface area contributed by atoms with Crippen molar-refractivity contribution in [3.63, 3.8) is 0 Å². The summed E-state index contributed by atoms with van der Waals surface area (Å²) in [6.07, 6.45) is 3.30. The van der Waals surface area contributed by atoms with Crippen molar-refractivity contribution < 1.29 is 4.74 Å². The van der Waals surface area contributed by atoms with Crippen LogP contribution in [-0.2, 0) is 0 Å². The molecule has 0 aliphatic carbocycles. The van der Waals surface area contributed by atoms with Gasteiger partial charge in [0, 0.05) is 12.4 Å². The van der Waals surface area contributed by atoms with Crippen molar-refractivity contribution >= 4 is 0 Å². The molecule has 4 nitrogen and oxygen atoms in total. The zero-order chi connectivity index (χ0) is 9.68. The maximum atomic E-state index is 5.10. The Morgan fingerprint density at radius 3 is 2.77 bits per heavy atom. The molecular formula is C9H15N3O. The molecule has 0 fully saturated rings. The minimum atomic E-state index is 0.175. The lowest BCUT2D eigenvalue weighted by Crippen LogP contribution is -2.19. The molecule has 0 aliphatic rings. The zero-order valence-corrected chi connectivity index (χ0v) is 8.24. The Bertz CT molecular complexity index is 265. The monoisotopic (exact) mass is 181 g/mol. The number of aromatic nitrogens is 2. The van der Waals surface area contributed by atoms with Gasteiger partial charge in [0.05, 0.1) is 13.2 Å². The highest BCUT2D eigenvalue weighted by Crippen LogP contribution is 2.18. The van der Waals surface area contributed by atoms with E-state index in [2.05, 4.69) is 22.2 Å². The molecule has 0 radical (unpaired) electrons. The van der Waals surface area contributed by atoms with E-state index in [0.29, 0.717) is 5.88 Å². The lowest BCUT2D eigenvalue weighted by molar-refractivity contribution is 0.381. The second kappa shape index (κ2) is 4.77. The molecular weight excluding hydrogens is 166 g/mol. The van der Waals surface area contributed by atoms with Gasteiger partial charge in [-0.1, -0.05) is 6.92 Å². The molecule has 0 aliphatic heterocycles. The zero-order valence-electron chi connectivity index (χ0n) is 8.24. The molecule has 0 bridgehead atoms. The Labute approximate surface area is 78.4 Å². The van der Waals surface area contributed by atoms with Crippen LogP contribution in [0.4, 0.5) is 0 Å². The van der Waals surface area contributed by atoms with Crippen LogP contribution in [0.2, 0.25) is 0 Å². The quantitative estimate of drug-likeness (QED) is 0.757. The number of rotatable bonds is 4. The van der Waals surface area contributed by atoms with Gasteiger partial charge in [-0.15, -0.1) is 0 Å². The molecule has 72 valence electrons. The highest BCUT2D eigenvalue weighted by molar-refractivity contribution is 5.20. The van der Waals surface area contributed by atoms with E-state index in [4.69, 9.17) is 4.74 Å². The van der Waals surface area contributed by atoms with E-state index < -0.39 is 0 Å². The van der Waals surface area contributed by atoms with Crippen molar-refractivity contribution in [2.24, 2.45) is 0 Å². The lowest BCUT2D eigenvalue weighted by Gasteiger charge is -2.13. The van der Waals surface area contributed by atoms with E-state index in [0.717, 1.165) is 12.2 Å². The molecule has 4 heteroatoms. The van der Waals surface area contributed by atoms with Gasteiger partial charge in [0.1, 0.15) is 5.69 Å². The van der Waals surface area contributed by atoms with Crippen molar-refractivity contribution in [2.75, 3.05) is 13.7 Å². The summed E-state index contributed by atoms with van der Waals surface area (Å²) in [5.74, 6) is 0.593. The molecule has 1 atom stereocenters. The number of hydrogen-bond acceptors (Lipinski definition) is 4. The molecule has 1 aromatic rings. The van der Waals surface area contributed by atoms with Crippen molar-refractivity contribution in [2.45, 2.75) is 19.9 Å². The highest BCUT2D eigenvalue weighted by Gasteiger charge is 2.11. The second-order valence-corrected chi connectivity index (χ2v) is 2.73. The van der Waals surface area contributed by atoms with Gasteiger partial charge in [0.2, 0.25) is 5.88 Å². The summed E-state index contributed by atoms with van der Waals surface area (Å²) in [5.41, 5.74) is 0.854. The first-order valence-electron chi connectivity index (χ1n) is 4.37. The molecule has 1 aromatic heterocycles. The van der Waals surface area contributed by atoms with Gasteiger partial charge in [-0.25, -0.2) is 4.98 Å². The van der Waals surface area contributed by atoms with E-state index >= 15 is 0 Å². The normalized spacial score (nSPS) is 12.5. The Morgan fingerprint density at radius 1 is 1.46 bits per heavy atom. The summed E-state index contributed by atoms with van der Waals surface area (Å²) in [5, 5.41) is 3.25. The molecule has 1 rings (SSSR count). The van der Waals surface area contributed by atoms with E-state index in [1.54, 1.807) is 19.5 Å². The van der Waals surface area contributed by atoms with Gasteiger partial charge in [0.25, 0.3) is 0 Å². The van der Waals surface area contributed by atoms with Gasteiger partial charge in [-0.05, 0) is 13.5 Å². The van der Waals surface area contributed by atoms with Crippen LogP contribution in [0.3, 0.4) is 0 Å². The fourth-order valence-corrected chi connectivity index (χ4v) is 1.19. The van der Waals surface area contributed by atoms with Gasteiger partial charge in [-0.2, -0.15) is 0 Å². The van der Waals surface area contributed by atoms with Crippen LogP contribution in [-0.4, -0.2) is 23.6 Å². The largest absolute Gasteiger partial charge is 0.480 e. The summed E-state index contributed by atoms with van der Waals surface area (Å²) in [4.78, 5) is 8.29. The van der Waals surface area contributed by atoms with Crippen molar-refractivity contribution in [1.29, 1.82) is 0 Å². The SMILES string of the molecule is CCNC(C)c1nccnc1OC. The molecule has 1 unspecified atom stereocenters. The minimum Gasteiger partial charge on any atom is -0.480 e.